The number of rotatable bonds is 13. The molecule has 0 amide bonds. The summed E-state index contributed by atoms with van der Waals surface area (Å²) in [5.74, 6) is 2.59. The molecule has 0 saturated heterocycles. The van der Waals surface area contributed by atoms with Crippen molar-refractivity contribution in [2.45, 2.75) is 33.2 Å². The molecule has 1 aromatic heterocycles. The summed E-state index contributed by atoms with van der Waals surface area (Å²) in [6.07, 6.45) is 3.89. The number of aryl methyl sites for hydroxylation is 1. The summed E-state index contributed by atoms with van der Waals surface area (Å²) in [5.41, 5.74) is 2.27. The summed E-state index contributed by atoms with van der Waals surface area (Å²) < 4.78 is 11.3. The van der Waals surface area contributed by atoms with Crippen molar-refractivity contribution in [1.82, 2.24) is 15.6 Å². The fourth-order valence-corrected chi connectivity index (χ4v) is 2.84. The minimum Gasteiger partial charge on any atom is -0.491 e. The van der Waals surface area contributed by atoms with Gasteiger partial charge in [-0.1, -0.05) is 18.2 Å². The average Bonchev–Trinajstić information content (AvgIpc) is 2.77. The van der Waals surface area contributed by atoms with Gasteiger partial charge in [0.25, 0.3) is 0 Å². The third kappa shape index (κ3) is 9.13. The van der Waals surface area contributed by atoms with E-state index in [0.717, 1.165) is 49.0 Å². The molecule has 7 nitrogen and oxygen atoms in total. The molecule has 0 saturated carbocycles. The third-order valence-corrected chi connectivity index (χ3v) is 4.45. The predicted molar refractivity (Wildman–Crippen MR) is 123 cm³/mol. The molecule has 2 aromatic rings. The number of benzene rings is 1. The van der Waals surface area contributed by atoms with Gasteiger partial charge < -0.3 is 25.4 Å². The number of nitrogens with one attached hydrogen (secondary N) is 3. The Morgan fingerprint density at radius 2 is 1.93 bits per heavy atom. The Kier molecular flexibility index (Phi) is 11.1. The topological polar surface area (TPSA) is 79.8 Å². The van der Waals surface area contributed by atoms with Crippen LogP contribution in [0, 0.1) is 6.92 Å². The molecule has 1 aromatic carbocycles. The Bertz CT molecular complexity index is 753. The molecule has 2 rings (SSSR count). The molecule has 0 aliphatic heterocycles. The molecule has 3 N–H and O–H groups in total. The van der Waals surface area contributed by atoms with Crippen LogP contribution in [0.2, 0.25) is 0 Å². The normalized spacial score (nSPS) is 11.2. The number of hydrogen-bond acceptors (Lipinski definition) is 5. The first-order valence-electron chi connectivity index (χ1n) is 10.6. The van der Waals surface area contributed by atoms with Gasteiger partial charge in [0.05, 0.1) is 6.61 Å². The van der Waals surface area contributed by atoms with Gasteiger partial charge in [0, 0.05) is 45.0 Å². The number of hydrogen-bond donors (Lipinski definition) is 3. The number of pyridine rings is 1. The monoisotopic (exact) mass is 413 g/mol. The molecule has 0 atom stereocenters. The van der Waals surface area contributed by atoms with Crippen molar-refractivity contribution in [2.24, 2.45) is 4.99 Å². The zero-order valence-corrected chi connectivity index (χ0v) is 18.4. The Balaban J connectivity index is 1.69. The van der Waals surface area contributed by atoms with Gasteiger partial charge in [-0.3, -0.25) is 4.99 Å². The Morgan fingerprint density at radius 1 is 1.07 bits per heavy atom. The van der Waals surface area contributed by atoms with Gasteiger partial charge in [0.2, 0.25) is 0 Å². The predicted octanol–water partition coefficient (Wildman–Crippen LogP) is 3.36. The Hall–Kier alpha value is -2.80. The van der Waals surface area contributed by atoms with Crippen LogP contribution in [-0.4, -0.2) is 50.9 Å². The van der Waals surface area contributed by atoms with Crippen molar-refractivity contribution in [1.29, 1.82) is 0 Å². The van der Waals surface area contributed by atoms with Crippen LogP contribution in [0.3, 0.4) is 0 Å². The van der Waals surface area contributed by atoms with Gasteiger partial charge >= 0.3 is 0 Å². The highest BCUT2D eigenvalue weighted by Crippen LogP contribution is 2.20. The van der Waals surface area contributed by atoms with Crippen LogP contribution in [0.4, 0.5) is 5.82 Å². The number of ether oxygens (including phenoxy) is 2. The van der Waals surface area contributed by atoms with Crippen molar-refractivity contribution >= 4 is 11.8 Å². The van der Waals surface area contributed by atoms with Crippen LogP contribution in [0.5, 0.6) is 5.75 Å². The van der Waals surface area contributed by atoms with Crippen LogP contribution in [0.25, 0.3) is 0 Å². The van der Waals surface area contributed by atoms with Crippen molar-refractivity contribution in [3.05, 3.63) is 53.7 Å². The minimum absolute atomic E-state index is 0.545. The second kappa shape index (κ2) is 14.2. The highest BCUT2D eigenvalue weighted by atomic mass is 16.5. The lowest BCUT2D eigenvalue weighted by Gasteiger charge is -2.15. The molecule has 0 aliphatic rings. The summed E-state index contributed by atoms with van der Waals surface area (Å²) in [5, 5.41) is 10.1. The summed E-state index contributed by atoms with van der Waals surface area (Å²) in [4.78, 5) is 8.57. The van der Waals surface area contributed by atoms with Crippen LogP contribution in [0.1, 0.15) is 30.9 Å². The first kappa shape index (κ1) is 23.5. The van der Waals surface area contributed by atoms with Gasteiger partial charge in [-0.15, -0.1) is 0 Å². The zero-order chi connectivity index (χ0) is 21.4. The number of guanidine groups is 1. The van der Waals surface area contributed by atoms with E-state index in [-0.39, 0.29) is 0 Å². The van der Waals surface area contributed by atoms with E-state index >= 15 is 0 Å². The molecule has 0 bridgehead atoms. The van der Waals surface area contributed by atoms with Crippen molar-refractivity contribution in [2.75, 3.05) is 45.3 Å². The van der Waals surface area contributed by atoms with Crippen LogP contribution in [0.15, 0.2) is 47.6 Å². The van der Waals surface area contributed by atoms with E-state index in [1.54, 1.807) is 13.2 Å². The van der Waals surface area contributed by atoms with E-state index in [2.05, 4.69) is 51.0 Å². The Labute approximate surface area is 180 Å². The smallest absolute Gasteiger partial charge is 0.191 e. The lowest BCUT2D eigenvalue weighted by Crippen LogP contribution is -2.37. The summed E-state index contributed by atoms with van der Waals surface area (Å²) in [6.45, 7) is 8.29. The molecule has 0 unspecified atom stereocenters. The first-order valence-corrected chi connectivity index (χ1v) is 10.6. The molecule has 0 fully saturated rings. The van der Waals surface area contributed by atoms with E-state index in [1.165, 1.54) is 5.56 Å². The maximum atomic E-state index is 5.91. The lowest BCUT2D eigenvalue weighted by molar-refractivity contribution is 0.110. The first-order chi connectivity index (χ1) is 14.7. The van der Waals surface area contributed by atoms with E-state index in [4.69, 9.17) is 9.47 Å². The van der Waals surface area contributed by atoms with E-state index in [1.807, 2.05) is 25.1 Å². The van der Waals surface area contributed by atoms with Crippen LogP contribution >= 0.6 is 0 Å². The highest BCUT2D eigenvalue weighted by Gasteiger charge is 2.06. The fraction of sp³-hybridized carbons (Fsp3) is 0.478. The minimum atomic E-state index is 0.545. The molecule has 164 valence electrons. The number of aromatic nitrogens is 1. The van der Waals surface area contributed by atoms with E-state index < -0.39 is 0 Å². The SMILES string of the molecule is CCOCCOc1cc(C)ccc1CNC(=NC)NCCCCNc1ccccn1. The molecule has 0 radical (unpaired) electrons. The molecule has 0 aliphatic carbocycles. The molecular formula is C23H35N5O2. The second-order valence-electron chi connectivity index (χ2n) is 6.86. The largest absolute Gasteiger partial charge is 0.491 e. The number of unbranched alkanes of at least 4 members (excludes halogenated alkanes) is 1. The fourth-order valence-electron chi connectivity index (χ4n) is 2.84. The summed E-state index contributed by atoms with van der Waals surface area (Å²) in [7, 11) is 1.78. The van der Waals surface area contributed by atoms with Crippen molar-refractivity contribution in [3.8, 4) is 5.75 Å². The standard InChI is InChI=1S/C23H35N5O2/c1-4-29-15-16-30-21-17-19(2)10-11-20(21)18-28-23(24-3)27-14-8-7-13-26-22-9-5-6-12-25-22/h5-6,9-12,17H,4,7-8,13-16,18H2,1-3H3,(H,25,26)(H2,24,27,28). The van der Waals surface area contributed by atoms with E-state index in [9.17, 15) is 0 Å². The number of nitrogens with zero attached hydrogens (tertiary/aromatic N) is 2. The molecule has 7 heteroatoms. The summed E-state index contributed by atoms with van der Waals surface area (Å²) >= 11 is 0. The quantitative estimate of drug-likeness (QED) is 0.265. The number of anilines is 1. The van der Waals surface area contributed by atoms with Gasteiger partial charge in [0.1, 0.15) is 18.2 Å². The zero-order valence-electron chi connectivity index (χ0n) is 18.4. The molecule has 0 spiro atoms. The van der Waals surface area contributed by atoms with Crippen molar-refractivity contribution < 1.29 is 9.47 Å². The Morgan fingerprint density at radius 3 is 2.70 bits per heavy atom. The maximum absolute atomic E-state index is 5.91. The summed E-state index contributed by atoms with van der Waals surface area (Å²) in [6, 6.07) is 12.1. The van der Waals surface area contributed by atoms with E-state index in [0.29, 0.717) is 26.4 Å². The average molecular weight is 414 g/mol. The van der Waals surface area contributed by atoms with Crippen molar-refractivity contribution in [3.63, 3.8) is 0 Å². The third-order valence-electron chi connectivity index (χ3n) is 4.45. The lowest BCUT2D eigenvalue weighted by atomic mass is 10.1. The van der Waals surface area contributed by atoms with Gasteiger partial charge in [0.15, 0.2) is 5.96 Å². The van der Waals surface area contributed by atoms with Gasteiger partial charge in [-0.2, -0.15) is 0 Å². The molecule has 30 heavy (non-hydrogen) atoms. The number of aliphatic imine (C=N–C) groups is 1. The molecular weight excluding hydrogens is 378 g/mol. The van der Waals surface area contributed by atoms with Crippen LogP contribution < -0.4 is 20.7 Å². The molecule has 1 heterocycles. The van der Waals surface area contributed by atoms with Crippen LogP contribution in [-0.2, 0) is 11.3 Å². The van der Waals surface area contributed by atoms with Gasteiger partial charge in [-0.25, -0.2) is 4.98 Å². The van der Waals surface area contributed by atoms with Gasteiger partial charge in [-0.05, 0) is 50.5 Å². The second-order valence-corrected chi connectivity index (χ2v) is 6.86. The highest BCUT2D eigenvalue weighted by molar-refractivity contribution is 5.79. The maximum Gasteiger partial charge on any atom is 0.191 e.